The average Bonchev–Trinajstić information content (AvgIpc) is 2.57. The highest BCUT2D eigenvalue weighted by atomic mass is 127. The van der Waals surface area contributed by atoms with Gasteiger partial charge in [0.05, 0.1) is 7.11 Å². The fourth-order valence-electron chi connectivity index (χ4n) is 2.32. The maximum Gasteiger partial charge on any atom is 0.193 e. The Morgan fingerprint density at radius 1 is 1.12 bits per heavy atom. The number of methoxy groups -OCH3 is 1. The normalized spacial score (nSPS) is 10.8. The first kappa shape index (κ1) is 21.1. The molecule has 0 spiro atoms. The Hall–Kier alpha value is -1.90. The molecule has 0 atom stereocenters. The molecule has 0 saturated carbocycles. The maximum atomic E-state index is 13.7. The zero-order chi connectivity index (χ0) is 17.5. The van der Waals surface area contributed by atoms with E-state index < -0.39 is 5.82 Å². The van der Waals surface area contributed by atoms with Crippen molar-refractivity contribution in [1.29, 1.82) is 0 Å². The number of benzene rings is 2. The molecule has 136 valence electrons. The third-order valence-corrected chi connectivity index (χ3v) is 3.57. The van der Waals surface area contributed by atoms with Gasteiger partial charge < -0.3 is 15.0 Å². The second kappa shape index (κ2) is 10.2. The van der Waals surface area contributed by atoms with Gasteiger partial charge in [0.2, 0.25) is 0 Å². The monoisotopic (exact) mass is 461 g/mol. The molecule has 0 aliphatic carbocycles. The van der Waals surface area contributed by atoms with Gasteiger partial charge in [0, 0.05) is 27.2 Å². The van der Waals surface area contributed by atoms with E-state index in [1.165, 1.54) is 25.3 Å². The van der Waals surface area contributed by atoms with Crippen molar-refractivity contribution < 1.29 is 13.5 Å². The molecule has 1 N–H and O–H groups in total. The van der Waals surface area contributed by atoms with Crippen molar-refractivity contribution in [3.63, 3.8) is 0 Å². The van der Waals surface area contributed by atoms with Crippen LogP contribution in [-0.4, -0.2) is 32.1 Å². The first-order valence-corrected chi connectivity index (χ1v) is 7.52. The van der Waals surface area contributed by atoms with Crippen LogP contribution < -0.4 is 10.1 Å². The van der Waals surface area contributed by atoms with Gasteiger partial charge in [-0.15, -0.1) is 24.0 Å². The number of rotatable bonds is 5. The predicted molar refractivity (Wildman–Crippen MR) is 106 cm³/mol. The highest BCUT2D eigenvalue weighted by Crippen LogP contribution is 2.17. The van der Waals surface area contributed by atoms with Crippen molar-refractivity contribution in [3.8, 4) is 5.75 Å². The van der Waals surface area contributed by atoms with Gasteiger partial charge in [-0.2, -0.15) is 0 Å². The number of nitrogens with zero attached hydrogens (tertiary/aromatic N) is 2. The van der Waals surface area contributed by atoms with Crippen LogP contribution in [0.3, 0.4) is 0 Å². The van der Waals surface area contributed by atoms with Crippen LogP contribution in [0.5, 0.6) is 5.75 Å². The minimum atomic E-state index is -0.397. The summed E-state index contributed by atoms with van der Waals surface area (Å²) < 4.78 is 31.6. The van der Waals surface area contributed by atoms with E-state index in [1.54, 1.807) is 31.3 Å². The Kier molecular flexibility index (Phi) is 8.60. The molecule has 0 bridgehead atoms. The number of ether oxygens (including phenoxy) is 1. The van der Waals surface area contributed by atoms with Gasteiger partial charge in [0.1, 0.15) is 5.82 Å². The van der Waals surface area contributed by atoms with E-state index >= 15 is 0 Å². The molecule has 0 heterocycles. The number of guanidine groups is 1. The van der Waals surface area contributed by atoms with E-state index in [9.17, 15) is 8.78 Å². The van der Waals surface area contributed by atoms with Gasteiger partial charge in [-0.25, -0.2) is 8.78 Å². The van der Waals surface area contributed by atoms with E-state index in [0.717, 1.165) is 11.1 Å². The summed E-state index contributed by atoms with van der Waals surface area (Å²) in [5, 5.41) is 3.18. The number of hydrogen-bond acceptors (Lipinski definition) is 2. The largest absolute Gasteiger partial charge is 0.494 e. The predicted octanol–water partition coefficient (Wildman–Crippen LogP) is 3.80. The molecule has 0 aliphatic heterocycles. The summed E-state index contributed by atoms with van der Waals surface area (Å²) in [5.41, 5.74) is 1.75. The first-order chi connectivity index (χ1) is 11.5. The Morgan fingerprint density at radius 3 is 2.32 bits per heavy atom. The first-order valence-electron chi connectivity index (χ1n) is 7.52. The molecule has 0 radical (unpaired) electrons. The summed E-state index contributed by atoms with van der Waals surface area (Å²) >= 11 is 0. The molecule has 7 heteroatoms. The Morgan fingerprint density at radius 2 is 1.76 bits per heavy atom. The van der Waals surface area contributed by atoms with Crippen LogP contribution >= 0.6 is 24.0 Å². The molecular weight excluding hydrogens is 439 g/mol. The summed E-state index contributed by atoms with van der Waals surface area (Å²) in [6.45, 7) is 1.01. The minimum absolute atomic E-state index is 0. The average molecular weight is 461 g/mol. The topological polar surface area (TPSA) is 36.9 Å². The van der Waals surface area contributed by atoms with Gasteiger partial charge in [-0.05, 0) is 35.4 Å². The molecule has 0 aromatic heterocycles. The lowest BCUT2D eigenvalue weighted by Gasteiger charge is -2.22. The van der Waals surface area contributed by atoms with Crippen molar-refractivity contribution >= 4 is 29.9 Å². The molecule has 0 saturated heterocycles. The number of aliphatic imine (C=N–C) groups is 1. The second-order valence-corrected chi connectivity index (χ2v) is 5.35. The summed E-state index contributed by atoms with van der Waals surface area (Å²) in [6, 6.07) is 11.1. The quantitative estimate of drug-likeness (QED) is 0.418. The van der Waals surface area contributed by atoms with E-state index in [-0.39, 0.29) is 35.5 Å². The molecule has 4 nitrogen and oxygen atoms in total. The van der Waals surface area contributed by atoms with E-state index in [2.05, 4.69) is 10.3 Å². The van der Waals surface area contributed by atoms with Crippen LogP contribution in [0.4, 0.5) is 8.78 Å². The second-order valence-electron chi connectivity index (χ2n) is 5.35. The lowest BCUT2D eigenvalue weighted by atomic mass is 10.2. The number of hydrogen-bond donors (Lipinski definition) is 1. The van der Waals surface area contributed by atoms with Crippen LogP contribution in [0.1, 0.15) is 11.1 Å². The zero-order valence-electron chi connectivity index (χ0n) is 14.4. The van der Waals surface area contributed by atoms with Crippen LogP contribution in [0.15, 0.2) is 47.5 Å². The third kappa shape index (κ3) is 6.15. The number of nitrogens with one attached hydrogen (secondary N) is 1. The van der Waals surface area contributed by atoms with Crippen LogP contribution in [0, 0.1) is 11.6 Å². The molecule has 25 heavy (non-hydrogen) atoms. The lowest BCUT2D eigenvalue weighted by molar-refractivity contribution is 0.386. The Bertz CT molecular complexity index is 708. The van der Waals surface area contributed by atoms with Gasteiger partial charge >= 0.3 is 0 Å². The van der Waals surface area contributed by atoms with Crippen LogP contribution in [0.25, 0.3) is 0 Å². The standard InChI is InChI=1S/C18H21F2N3O.HI/c1-21-18(23(2)12-13-4-7-15(19)8-5-13)22-11-14-6-9-17(24-3)16(20)10-14;/h4-10H,11-12H2,1-3H3,(H,21,22);1H. The van der Waals surface area contributed by atoms with Gasteiger partial charge in [-0.1, -0.05) is 18.2 Å². The molecule has 2 rings (SSSR count). The molecule has 0 aliphatic rings. The zero-order valence-corrected chi connectivity index (χ0v) is 16.8. The number of halogens is 3. The van der Waals surface area contributed by atoms with Gasteiger partial charge in [0.25, 0.3) is 0 Å². The molecule has 0 amide bonds. The Balaban J connectivity index is 0.00000312. The SMILES string of the molecule is CN=C(NCc1ccc(OC)c(F)c1)N(C)Cc1ccc(F)cc1.I. The van der Waals surface area contributed by atoms with Crippen molar-refractivity contribution in [1.82, 2.24) is 10.2 Å². The van der Waals surface area contributed by atoms with Crippen molar-refractivity contribution in [2.75, 3.05) is 21.2 Å². The summed E-state index contributed by atoms with van der Waals surface area (Å²) in [4.78, 5) is 6.12. The van der Waals surface area contributed by atoms with Crippen molar-refractivity contribution in [3.05, 3.63) is 65.2 Å². The molecule has 0 fully saturated rings. The third-order valence-electron chi connectivity index (χ3n) is 3.57. The highest BCUT2D eigenvalue weighted by molar-refractivity contribution is 14.0. The minimum Gasteiger partial charge on any atom is -0.494 e. The van der Waals surface area contributed by atoms with Crippen molar-refractivity contribution in [2.45, 2.75) is 13.1 Å². The van der Waals surface area contributed by atoms with E-state index in [4.69, 9.17) is 4.74 Å². The van der Waals surface area contributed by atoms with Gasteiger partial charge in [0.15, 0.2) is 17.5 Å². The smallest absolute Gasteiger partial charge is 0.193 e. The summed E-state index contributed by atoms with van der Waals surface area (Å²) in [7, 11) is 4.99. The maximum absolute atomic E-state index is 13.7. The Labute approximate surface area is 163 Å². The van der Waals surface area contributed by atoms with Crippen LogP contribution in [0.2, 0.25) is 0 Å². The van der Waals surface area contributed by atoms with Gasteiger partial charge in [-0.3, -0.25) is 4.99 Å². The van der Waals surface area contributed by atoms with E-state index in [0.29, 0.717) is 19.0 Å². The lowest BCUT2D eigenvalue weighted by Crippen LogP contribution is -2.38. The highest BCUT2D eigenvalue weighted by Gasteiger charge is 2.08. The molecular formula is C18H22F2IN3O. The fraction of sp³-hybridized carbons (Fsp3) is 0.278. The summed E-state index contributed by atoms with van der Waals surface area (Å²) in [6.07, 6.45) is 0. The fourth-order valence-corrected chi connectivity index (χ4v) is 2.32. The molecule has 2 aromatic rings. The molecule has 0 unspecified atom stereocenters. The van der Waals surface area contributed by atoms with Crippen molar-refractivity contribution in [2.24, 2.45) is 4.99 Å². The van der Waals surface area contributed by atoms with E-state index in [1.807, 2.05) is 11.9 Å². The molecule has 2 aromatic carbocycles. The summed E-state index contributed by atoms with van der Waals surface area (Å²) in [5.74, 6) is 0.226. The van der Waals surface area contributed by atoms with Crippen LogP contribution in [-0.2, 0) is 13.1 Å².